The number of nitrogens with one attached hydrogen (secondary N) is 2. The quantitative estimate of drug-likeness (QED) is 0.736. The zero-order valence-corrected chi connectivity index (χ0v) is 9.82. The summed E-state index contributed by atoms with van der Waals surface area (Å²) < 4.78 is 1.73. The summed E-state index contributed by atoms with van der Waals surface area (Å²) >= 11 is 0. The van der Waals surface area contributed by atoms with Crippen molar-refractivity contribution >= 4 is 11.7 Å². The number of carbonyl (C=O) groups excluding carboxylic acids is 1. The molecular weight excluding hydrogens is 244 g/mol. The lowest BCUT2D eigenvalue weighted by atomic mass is 10.2. The maximum atomic E-state index is 12.0. The Kier molecular flexibility index (Phi) is 2.77. The van der Waals surface area contributed by atoms with Crippen LogP contribution in [0.25, 0.3) is 5.82 Å². The Morgan fingerprint density at radius 3 is 2.95 bits per heavy atom. The van der Waals surface area contributed by atoms with Crippen LogP contribution in [0.2, 0.25) is 0 Å². The Hall–Kier alpha value is -2.96. The number of imidazole rings is 1. The average Bonchev–Trinajstić information content (AvgIpc) is 3.12. The van der Waals surface area contributed by atoms with Crippen LogP contribution in [0.1, 0.15) is 10.4 Å². The van der Waals surface area contributed by atoms with Gasteiger partial charge in [0.05, 0.1) is 6.20 Å². The first-order chi connectivity index (χ1) is 9.33. The summed E-state index contributed by atoms with van der Waals surface area (Å²) in [5, 5.41) is 9.13. The van der Waals surface area contributed by atoms with Crippen molar-refractivity contribution in [1.82, 2.24) is 24.7 Å². The molecule has 3 heterocycles. The number of H-pyrrole nitrogens is 1. The molecule has 0 aliphatic heterocycles. The number of anilines is 1. The second kappa shape index (κ2) is 4.73. The highest BCUT2D eigenvalue weighted by Crippen LogP contribution is 2.09. The summed E-state index contributed by atoms with van der Waals surface area (Å²) in [6.45, 7) is 0. The lowest BCUT2D eigenvalue weighted by molar-refractivity contribution is 0.102. The SMILES string of the molecule is O=C(Nc1ccn[nH]1)c1ccnc(-n2ccnc2)c1. The molecule has 1 amide bonds. The summed E-state index contributed by atoms with van der Waals surface area (Å²) in [7, 11) is 0. The topological polar surface area (TPSA) is 88.5 Å². The fourth-order valence-electron chi connectivity index (χ4n) is 1.62. The number of nitrogens with zero attached hydrogens (tertiary/aromatic N) is 4. The first kappa shape index (κ1) is 11.1. The molecule has 0 unspecified atom stereocenters. The molecular formula is C12H10N6O. The molecule has 0 saturated carbocycles. The van der Waals surface area contributed by atoms with Crippen LogP contribution in [0, 0.1) is 0 Å². The van der Waals surface area contributed by atoms with Gasteiger partial charge >= 0.3 is 0 Å². The Morgan fingerprint density at radius 2 is 2.21 bits per heavy atom. The molecule has 0 spiro atoms. The minimum absolute atomic E-state index is 0.229. The summed E-state index contributed by atoms with van der Waals surface area (Å²) in [6, 6.07) is 5.01. The second-order valence-corrected chi connectivity index (χ2v) is 3.80. The monoisotopic (exact) mass is 254 g/mol. The van der Waals surface area contributed by atoms with Gasteiger partial charge in [-0.3, -0.25) is 14.5 Å². The maximum Gasteiger partial charge on any atom is 0.256 e. The molecule has 0 aromatic carbocycles. The second-order valence-electron chi connectivity index (χ2n) is 3.80. The number of carbonyl (C=O) groups is 1. The molecule has 0 atom stereocenters. The third kappa shape index (κ3) is 2.34. The van der Waals surface area contributed by atoms with E-state index in [9.17, 15) is 4.79 Å². The predicted molar refractivity (Wildman–Crippen MR) is 67.9 cm³/mol. The molecule has 0 fully saturated rings. The van der Waals surface area contributed by atoms with Gasteiger partial charge in [0.25, 0.3) is 5.91 Å². The third-order valence-electron chi connectivity index (χ3n) is 2.53. The zero-order chi connectivity index (χ0) is 13.1. The highest BCUT2D eigenvalue weighted by Gasteiger charge is 2.08. The van der Waals surface area contributed by atoms with E-state index in [1.165, 1.54) is 0 Å². The van der Waals surface area contributed by atoms with E-state index in [2.05, 4.69) is 25.5 Å². The number of aromatic amines is 1. The van der Waals surface area contributed by atoms with Gasteiger partial charge in [0.2, 0.25) is 0 Å². The van der Waals surface area contributed by atoms with E-state index in [-0.39, 0.29) is 5.91 Å². The van der Waals surface area contributed by atoms with Crippen LogP contribution >= 0.6 is 0 Å². The molecule has 0 aliphatic carbocycles. The molecule has 0 bridgehead atoms. The fraction of sp³-hybridized carbons (Fsp3) is 0. The molecule has 0 aliphatic rings. The molecule has 0 saturated heterocycles. The zero-order valence-electron chi connectivity index (χ0n) is 9.82. The smallest absolute Gasteiger partial charge is 0.256 e. The van der Waals surface area contributed by atoms with Gasteiger partial charge in [-0.15, -0.1) is 0 Å². The maximum absolute atomic E-state index is 12.0. The number of hydrogen-bond donors (Lipinski definition) is 2. The highest BCUT2D eigenvalue weighted by molar-refractivity contribution is 6.03. The van der Waals surface area contributed by atoms with E-state index in [0.717, 1.165) is 0 Å². The Bertz CT molecular complexity index is 674. The van der Waals surface area contributed by atoms with Gasteiger partial charge in [-0.05, 0) is 12.1 Å². The van der Waals surface area contributed by atoms with Crippen LogP contribution in [-0.2, 0) is 0 Å². The largest absolute Gasteiger partial charge is 0.307 e. The number of amides is 1. The summed E-state index contributed by atoms with van der Waals surface area (Å²) in [6.07, 6.45) is 8.19. The third-order valence-corrected chi connectivity index (χ3v) is 2.53. The van der Waals surface area contributed by atoms with Crippen molar-refractivity contribution in [3.63, 3.8) is 0 Å². The van der Waals surface area contributed by atoms with E-state index in [1.807, 2.05) is 0 Å². The standard InChI is InChI=1S/C12H10N6O/c19-12(16-10-2-4-15-17-10)9-1-3-14-11(7-9)18-6-5-13-8-18/h1-8H,(H2,15,16,17,19). The summed E-state index contributed by atoms with van der Waals surface area (Å²) in [4.78, 5) is 20.1. The molecule has 7 heteroatoms. The Balaban J connectivity index is 1.85. The van der Waals surface area contributed by atoms with Crippen LogP contribution in [-0.4, -0.2) is 30.6 Å². The van der Waals surface area contributed by atoms with Crippen molar-refractivity contribution in [2.24, 2.45) is 0 Å². The van der Waals surface area contributed by atoms with Crippen molar-refractivity contribution in [3.8, 4) is 5.82 Å². The Labute approximate surface area is 108 Å². The van der Waals surface area contributed by atoms with Gasteiger partial charge in [-0.2, -0.15) is 5.10 Å². The number of pyridine rings is 1. The molecule has 19 heavy (non-hydrogen) atoms. The fourth-order valence-corrected chi connectivity index (χ4v) is 1.62. The van der Waals surface area contributed by atoms with Crippen molar-refractivity contribution in [2.75, 3.05) is 5.32 Å². The van der Waals surface area contributed by atoms with Gasteiger partial charge < -0.3 is 5.32 Å². The number of aromatic nitrogens is 5. The van der Waals surface area contributed by atoms with Crippen molar-refractivity contribution in [2.45, 2.75) is 0 Å². The normalized spacial score (nSPS) is 10.3. The van der Waals surface area contributed by atoms with E-state index in [1.54, 1.807) is 53.9 Å². The van der Waals surface area contributed by atoms with Crippen molar-refractivity contribution in [1.29, 1.82) is 0 Å². The molecule has 7 nitrogen and oxygen atoms in total. The van der Waals surface area contributed by atoms with Crippen molar-refractivity contribution < 1.29 is 4.79 Å². The molecule has 3 rings (SSSR count). The van der Waals surface area contributed by atoms with Gasteiger partial charge in [0, 0.05) is 30.2 Å². The van der Waals surface area contributed by atoms with E-state index >= 15 is 0 Å². The molecule has 2 N–H and O–H groups in total. The van der Waals surface area contributed by atoms with E-state index in [0.29, 0.717) is 17.2 Å². The molecule has 3 aromatic heterocycles. The van der Waals surface area contributed by atoms with Gasteiger partial charge in [-0.25, -0.2) is 9.97 Å². The van der Waals surface area contributed by atoms with Gasteiger partial charge in [0.15, 0.2) is 0 Å². The van der Waals surface area contributed by atoms with Gasteiger partial charge in [-0.1, -0.05) is 0 Å². The summed E-state index contributed by atoms with van der Waals surface area (Å²) in [5.74, 6) is 0.953. The van der Waals surface area contributed by atoms with Gasteiger partial charge in [0.1, 0.15) is 18.0 Å². The van der Waals surface area contributed by atoms with Crippen LogP contribution in [0.15, 0.2) is 49.3 Å². The predicted octanol–water partition coefficient (Wildman–Crippen LogP) is 1.24. The molecule has 94 valence electrons. The average molecular weight is 254 g/mol. The van der Waals surface area contributed by atoms with Crippen LogP contribution < -0.4 is 5.32 Å². The number of rotatable bonds is 3. The van der Waals surface area contributed by atoms with E-state index < -0.39 is 0 Å². The number of hydrogen-bond acceptors (Lipinski definition) is 4. The van der Waals surface area contributed by atoms with Crippen molar-refractivity contribution in [3.05, 3.63) is 54.9 Å². The Morgan fingerprint density at radius 1 is 1.26 bits per heavy atom. The van der Waals surface area contributed by atoms with Crippen LogP contribution in [0.4, 0.5) is 5.82 Å². The molecule has 3 aromatic rings. The minimum atomic E-state index is -0.229. The molecule has 0 radical (unpaired) electrons. The lowest BCUT2D eigenvalue weighted by Crippen LogP contribution is -2.13. The highest BCUT2D eigenvalue weighted by atomic mass is 16.1. The lowest BCUT2D eigenvalue weighted by Gasteiger charge is -2.05. The minimum Gasteiger partial charge on any atom is -0.307 e. The summed E-state index contributed by atoms with van der Waals surface area (Å²) in [5.41, 5.74) is 0.508. The van der Waals surface area contributed by atoms with E-state index in [4.69, 9.17) is 0 Å². The van der Waals surface area contributed by atoms with Crippen LogP contribution in [0.3, 0.4) is 0 Å². The first-order valence-corrected chi connectivity index (χ1v) is 5.58. The van der Waals surface area contributed by atoms with Crippen LogP contribution in [0.5, 0.6) is 0 Å². The first-order valence-electron chi connectivity index (χ1n) is 5.58.